The Bertz CT molecular complexity index is 340. The maximum absolute atomic E-state index is 6.17. The van der Waals surface area contributed by atoms with Crippen molar-refractivity contribution in [1.29, 1.82) is 0 Å². The molecule has 1 aliphatic carbocycles. The fourth-order valence-electron chi connectivity index (χ4n) is 2.00. The van der Waals surface area contributed by atoms with Gasteiger partial charge in [-0.3, -0.25) is 0 Å². The second-order valence-electron chi connectivity index (χ2n) is 4.37. The first kappa shape index (κ1) is 10.6. The number of halogens is 1. The van der Waals surface area contributed by atoms with Crippen LogP contribution in [0.3, 0.4) is 0 Å². The molecule has 1 atom stereocenters. The van der Waals surface area contributed by atoms with Crippen LogP contribution in [0.2, 0.25) is 5.02 Å². The third-order valence-corrected chi connectivity index (χ3v) is 3.59. The average Bonchev–Trinajstić information content (AvgIpc) is 2.99. The fraction of sp³-hybridized carbons (Fsp3) is 0.500. The summed E-state index contributed by atoms with van der Waals surface area (Å²) in [5, 5.41) is 0.741. The van der Waals surface area contributed by atoms with Crippen LogP contribution in [0.15, 0.2) is 18.2 Å². The largest absolute Gasteiger partial charge is 0.397 e. The van der Waals surface area contributed by atoms with Gasteiger partial charge in [-0.25, -0.2) is 0 Å². The summed E-state index contributed by atoms with van der Waals surface area (Å²) in [7, 11) is 2.07. The minimum atomic E-state index is 0.521. The van der Waals surface area contributed by atoms with Gasteiger partial charge in [0, 0.05) is 13.1 Å². The second-order valence-corrected chi connectivity index (χ2v) is 4.77. The average molecular weight is 225 g/mol. The van der Waals surface area contributed by atoms with E-state index >= 15 is 0 Å². The lowest BCUT2D eigenvalue weighted by Gasteiger charge is -2.29. The molecule has 2 rings (SSSR count). The number of para-hydroxylation sites is 1. The van der Waals surface area contributed by atoms with E-state index in [0.717, 1.165) is 22.3 Å². The molecule has 0 aliphatic heterocycles. The molecule has 1 aliphatic rings. The van der Waals surface area contributed by atoms with E-state index in [1.807, 2.05) is 18.2 Å². The first-order chi connectivity index (χ1) is 7.11. The summed E-state index contributed by atoms with van der Waals surface area (Å²) in [4.78, 5) is 2.20. The molecular weight excluding hydrogens is 208 g/mol. The van der Waals surface area contributed by atoms with Crippen LogP contribution in [0.1, 0.15) is 19.8 Å². The maximum Gasteiger partial charge on any atom is 0.0789 e. The van der Waals surface area contributed by atoms with Crippen molar-refractivity contribution in [2.24, 2.45) is 5.92 Å². The van der Waals surface area contributed by atoms with E-state index in [4.69, 9.17) is 17.3 Å². The number of benzene rings is 1. The predicted molar refractivity (Wildman–Crippen MR) is 66.5 cm³/mol. The van der Waals surface area contributed by atoms with Gasteiger partial charge in [-0.15, -0.1) is 0 Å². The summed E-state index contributed by atoms with van der Waals surface area (Å²) < 4.78 is 0. The summed E-state index contributed by atoms with van der Waals surface area (Å²) in [5.41, 5.74) is 7.69. The summed E-state index contributed by atoms with van der Waals surface area (Å²) in [5.74, 6) is 0.811. The predicted octanol–water partition coefficient (Wildman–Crippen LogP) is 3.16. The van der Waals surface area contributed by atoms with Crippen LogP contribution in [0, 0.1) is 5.92 Å². The zero-order valence-electron chi connectivity index (χ0n) is 9.20. The van der Waals surface area contributed by atoms with E-state index in [1.54, 1.807) is 0 Å². The van der Waals surface area contributed by atoms with E-state index in [2.05, 4.69) is 18.9 Å². The minimum Gasteiger partial charge on any atom is -0.397 e. The minimum absolute atomic E-state index is 0.521. The molecule has 1 aromatic rings. The molecule has 2 N–H and O–H groups in total. The zero-order chi connectivity index (χ0) is 11.0. The monoisotopic (exact) mass is 224 g/mol. The summed E-state index contributed by atoms with van der Waals surface area (Å²) in [6.07, 6.45) is 2.66. The van der Waals surface area contributed by atoms with Crippen LogP contribution in [0.25, 0.3) is 0 Å². The first-order valence-electron chi connectivity index (χ1n) is 5.38. The Labute approximate surface area is 96.0 Å². The Morgan fingerprint density at radius 3 is 2.67 bits per heavy atom. The zero-order valence-corrected chi connectivity index (χ0v) is 9.96. The quantitative estimate of drug-likeness (QED) is 0.800. The molecule has 0 spiro atoms. The molecule has 3 heteroatoms. The van der Waals surface area contributed by atoms with Crippen molar-refractivity contribution in [3.05, 3.63) is 23.2 Å². The van der Waals surface area contributed by atoms with Crippen LogP contribution < -0.4 is 10.6 Å². The third kappa shape index (κ3) is 2.05. The Morgan fingerprint density at radius 1 is 1.47 bits per heavy atom. The van der Waals surface area contributed by atoms with E-state index in [9.17, 15) is 0 Å². The van der Waals surface area contributed by atoms with Crippen LogP contribution >= 0.6 is 11.6 Å². The van der Waals surface area contributed by atoms with E-state index in [1.165, 1.54) is 12.8 Å². The lowest BCUT2D eigenvalue weighted by Crippen LogP contribution is -2.31. The molecule has 15 heavy (non-hydrogen) atoms. The first-order valence-corrected chi connectivity index (χ1v) is 5.76. The van der Waals surface area contributed by atoms with Crippen molar-refractivity contribution in [2.75, 3.05) is 17.7 Å². The normalized spacial score (nSPS) is 17.5. The van der Waals surface area contributed by atoms with Crippen molar-refractivity contribution >= 4 is 23.0 Å². The summed E-state index contributed by atoms with van der Waals surface area (Å²) in [6, 6.07) is 6.20. The maximum atomic E-state index is 6.17. The third-order valence-electron chi connectivity index (χ3n) is 3.29. The van der Waals surface area contributed by atoms with Gasteiger partial charge >= 0.3 is 0 Å². The molecule has 0 heterocycles. The summed E-state index contributed by atoms with van der Waals surface area (Å²) >= 11 is 6.17. The highest BCUT2D eigenvalue weighted by Crippen LogP contribution is 2.39. The smallest absolute Gasteiger partial charge is 0.0789 e. The molecule has 0 aromatic heterocycles. The molecule has 1 aromatic carbocycles. The van der Waals surface area contributed by atoms with Gasteiger partial charge in [0.15, 0.2) is 0 Å². The molecule has 1 unspecified atom stereocenters. The van der Waals surface area contributed by atoms with Gasteiger partial charge in [0.1, 0.15) is 0 Å². The van der Waals surface area contributed by atoms with Crippen LogP contribution in [0.4, 0.5) is 11.4 Å². The number of nitrogen functional groups attached to an aromatic ring is 1. The number of rotatable bonds is 3. The van der Waals surface area contributed by atoms with E-state index in [-0.39, 0.29) is 0 Å². The van der Waals surface area contributed by atoms with E-state index < -0.39 is 0 Å². The molecule has 1 fully saturated rings. The molecule has 0 amide bonds. The van der Waals surface area contributed by atoms with Crippen molar-refractivity contribution in [1.82, 2.24) is 0 Å². The van der Waals surface area contributed by atoms with E-state index in [0.29, 0.717) is 6.04 Å². The van der Waals surface area contributed by atoms with Gasteiger partial charge < -0.3 is 10.6 Å². The van der Waals surface area contributed by atoms with Gasteiger partial charge in [-0.05, 0) is 37.8 Å². The molecule has 82 valence electrons. The van der Waals surface area contributed by atoms with Crippen molar-refractivity contribution in [2.45, 2.75) is 25.8 Å². The molecule has 0 bridgehead atoms. The second kappa shape index (κ2) is 3.93. The number of nitrogens with zero attached hydrogens (tertiary/aromatic N) is 1. The van der Waals surface area contributed by atoms with Crippen LogP contribution in [-0.2, 0) is 0 Å². The Balaban J connectivity index is 2.27. The van der Waals surface area contributed by atoms with Gasteiger partial charge in [0.2, 0.25) is 0 Å². The fourth-order valence-corrected chi connectivity index (χ4v) is 2.32. The van der Waals surface area contributed by atoms with Gasteiger partial charge in [-0.2, -0.15) is 0 Å². The standard InChI is InChI=1S/C12H17ClN2/c1-8(9-6-7-9)15(2)12-10(13)4-3-5-11(12)14/h3-5,8-9H,6-7,14H2,1-2H3. The van der Waals surface area contributed by atoms with Crippen LogP contribution in [0.5, 0.6) is 0 Å². The topological polar surface area (TPSA) is 29.3 Å². The lowest BCUT2D eigenvalue weighted by atomic mass is 10.1. The number of nitrogens with two attached hydrogens (primary N) is 1. The highest BCUT2D eigenvalue weighted by atomic mass is 35.5. The van der Waals surface area contributed by atoms with Crippen LogP contribution in [-0.4, -0.2) is 13.1 Å². The molecule has 1 saturated carbocycles. The lowest BCUT2D eigenvalue weighted by molar-refractivity contribution is 0.610. The van der Waals surface area contributed by atoms with Crippen molar-refractivity contribution in [3.8, 4) is 0 Å². The number of anilines is 2. The molecular formula is C12H17ClN2. The van der Waals surface area contributed by atoms with Gasteiger partial charge in [-0.1, -0.05) is 17.7 Å². The Morgan fingerprint density at radius 2 is 2.13 bits per heavy atom. The Kier molecular flexibility index (Phi) is 2.79. The van der Waals surface area contributed by atoms with Gasteiger partial charge in [0.05, 0.1) is 16.4 Å². The SMILES string of the molecule is CC(C1CC1)N(C)c1c(N)cccc1Cl. The van der Waals surface area contributed by atoms with Gasteiger partial charge in [0.25, 0.3) is 0 Å². The number of hydrogen-bond acceptors (Lipinski definition) is 2. The Hall–Kier alpha value is -0.890. The molecule has 0 radical (unpaired) electrons. The summed E-state index contributed by atoms with van der Waals surface area (Å²) in [6.45, 7) is 2.24. The van der Waals surface area contributed by atoms with Crippen molar-refractivity contribution in [3.63, 3.8) is 0 Å². The number of hydrogen-bond donors (Lipinski definition) is 1. The molecule has 2 nitrogen and oxygen atoms in total. The highest BCUT2D eigenvalue weighted by Gasteiger charge is 2.31. The van der Waals surface area contributed by atoms with Crippen molar-refractivity contribution < 1.29 is 0 Å². The highest BCUT2D eigenvalue weighted by molar-refractivity contribution is 6.34. The molecule has 0 saturated heterocycles.